The summed E-state index contributed by atoms with van der Waals surface area (Å²) in [6.45, 7) is 4.49. The molecular weight excluding hydrogens is 324 g/mol. The van der Waals surface area contributed by atoms with E-state index in [1.807, 2.05) is 38.1 Å². The Morgan fingerprint density at radius 2 is 1.70 bits per heavy atom. The monoisotopic (exact) mass is 342 g/mol. The molecule has 0 radical (unpaired) electrons. The summed E-state index contributed by atoms with van der Waals surface area (Å²) in [6, 6.07) is 7.51. The number of hydrogen-bond donors (Lipinski definition) is 0. The summed E-state index contributed by atoms with van der Waals surface area (Å²) in [5, 5.41) is 0. The third-order valence-corrected chi connectivity index (χ3v) is 3.23. The maximum absolute atomic E-state index is 11.5. The average Bonchev–Trinajstić information content (AvgIpc) is 2.42. The van der Waals surface area contributed by atoms with Crippen LogP contribution in [0.2, 0.25) is 0 Å². The molecule has 110 valence electrons. The van der Waals surface area contributed by atoms with Gasteiger partial charge in [-0.25, -0.2) is 0 Å². The number of ether oxygens (including phenoxy) is 2. The highest BCUT2D eigenvalue weighted by atomic mass is 79.9. The van der Waals surface area contributed by atoms with Crippen molar-refractivity contribution in [2.75, 3.05) is 6.61 Å². The molecule has 0 N–H and O–H groups in total. The van der Waals surface area contributed by atoms with Crippen molar-refractivity contribution in [2.24, 2.45) is 5.92 Å². The van der Waals surface area contributed by atoms with E-state index in [1.165, 1.54) is 0 Å². The van der Waals surface area contributed by atoms with E-state index < -0.39 is 5.97 Å². The molecule has 0 aliphatic heterocycles. The summed E-state index contributed by atoms with van der Waals surface area (Å²) in [6.07, 6.45) is 0.100. The molecule has 0 bridgehead atoms. The van der Waals surface area contributed by atoms with Gasteiger partial charge in [0.05, 0.1) is 19.4 Å². The van der Waals surface area contributed by atoms with Crippen LogP contribution in [0.5, 0.6) is 0 Å². The molecule has 0 spiro atoms. The van der Waals surface area contributed by atoms with Crippen molar-refractivity contribution in [2.45, 2.75) is 33.3 Å². The zero-order valence-electron chi connectivity index (χ0n) is 11.7. The molecule has 0 atom stereocenters. The van der Waals surface area contributed by atoms with E-state index in [-0.39, 0.29) is 25.4 Å². The molecule has 0 saturated heterocycles. The molecule has 0 amide bonds. The summed E-state index contributed by atoms with van der Waals surface area (Å²) in [5.41, 5.74) is 0.892. The van der Waals surface area contributed by atoms with Crippen LogP contribution in [0.3, 0.4) is 0 Å². The number of carbonyl (C=O) groups excluding carboxylic acids is 2. The summed E-state index contributed by atoms with van der Waals surface area (Å²) >= 11 is 3.38. The first kappa shape index (κ1) is 16.7. The van der Waals surface area contributed by atoms with Gasteiger partial charge in [-0.15, -0.1) is 0 Å². The van der Waals surface area contributed by atoms with Crippen LogP contribution in [-0.2, 0) is 25.7 Å². The first-order chi connectivity index (χ1) is 9.49. The number of halogens is 1. The van der Waals surface area contributed by atoms with Crippen LogP contribution in [0, 0.1) is 5.92 Å². The van der Waals surface area contributed by atoms with Crippen LogP contribution in [-0.4, -0.2) is 18.5 Å². The highest BCUT2D eigenvalue weighted by molar-refractivity contribution is 9.10. The molecule has 0 aliphatic rings. The van der Waals surface area contributed by atoms with Crippen molar-refractivity contribution in [3.63, 3.8) is 0 Å². The van der Waals surface area contributed by atoms with Crippen molar-refractivity contribution in [1.82, 2.24) is 0 Å². The second kappa shape index (κ2) is 8.74. The van der Waals surface area contributed by atoms with E-state index in [0.717, 1.165) is 10.0 Å². The third kappa shape index (κ3) is 6.70. The summed E-state index contributed by atoms with van der Waals surface area (Å²) in [4.78, 5) is 22.9. The second-order valence-electron chi connectivity index (χ2n) is 4.83. The van der Waals surface area contributed by atoms with E-state index in [1.54, 1.807) is 0 Å². The molecule has 0 saturated carbocycles. The van der Waals surface area contributed by atoms with Gasteiger partial charge in [0.2, 0.25) is 0 Å². The fraction of sp³-hybridized carbons (Fsp3) is 0.467. The minimum Gasteiger partial charge on any atom is -0.465 e. The minimum atomic E-state index is -0.401. The summed E-state index contributed by atoms with van der Waals surface area (Å²) in [7, 11) is 0. The lowest BCUT2D eigenvalue weighted by Gasteiger charge is -2.08. The molecule has 0 heterocycles. The van der Waals surface area contributed by atoms with Gasteiger partial charge in [0.1, 0.15) is 6.61 Å². The van der Waals surface area contributed by atoms with E-state index in [9.17, 15) is 9.59 Å². The average molecular weight is 343 g/mol. The van der Waals surface area contributed by atoms with Gasteiger partial charge in [-0.1, -0.05) is 48.0 Å². The van der Waals surface area contributed by atoms with Crippen LogP contribution in [0.4, 0.5) is 0 Å². The largest absolute Gasteiger partial charge is 0.465 e. The molecule has 1 aromatic rings. The Labute approximate surface area is 127 Å². The van der Waals surface area contributed by atoms with Crippen molar-refractivity contribution in [3.8, 4) is 0 Å². The normalized spacial score (nSPS) is 10.4. The van der Waals surface area contributed by atoms with Crippen LogP contribution in [0.25, 0.3) is 0 Å². The topological polar surface area (TPSA) is 52.6 Å². The fourth-order valence-electron chi connectivity index (χ4n) is 1.38. The van der Waals surface area contributed by atoms with Crippen molar-refractivity contribution in [3.05, 3.63) is 34.3 Å². The molecule has 0 unspecified atom stereocenters. The Kier molecular flexibility index (Phi) is 7.30. The van der Waals surface area contributed by atoms with Crippen LogP contribution in [0.1, 0.15) is 32.3 Å². The molecule has 4 nitrogen and oxygen atoms in total. The van der Waals surface area contributed by atoms with Gasteiger partial charge in [-0.05, 0) is 12.0 Å². The van der Waals surface area contributed by atoms with E-state index in [4.69, 9.17) is 9.47 Å². The molecule has 0 aromatic heterocycles. The van der Waals surface area contributed by atoms with Crippen molar-refractivity contribution < 1.29 is 19.1 Å². The number of carbonyl (C=O) groups is 2. The van der Waals surface area contributed by atoms with Gasteiger partial charge in [0.25, 0.3) is 0 Å². The van der Waals surface area contributed by atoms with Gasteiger partial charge < -0.3 is 9.47 Å². The Morgan fingerprint density at radius 3 is 2.30 bits per heavy atom. The molecule has 0 aliphatic carbocycles. The first-order valence-corrected chi connectivity index (χ1v) is 7.33. The summed E-state index contributed by atoms with van der Waals surface area (Å²) in [5.74, 6) is -0.472. The highest BCUT2D eigenvalue weighted by Gasteiger charge is 2.10. The van der Waals surface area contributed by atoms with Gasteiger partial charge in [0, 0.05) is 10.0 Å². The van der Waals surface area contributed by atoms with Crippen LogP contribution in [0.15, 0.2) is 28.7 Å². The van der Waals surface area contributed by atoms with Crippen molar-refractivity contribution >= 4 is 27.9 Å². The quantitative estimate of drug-likeness (QED) is 0.712. The minimum absolute atomic E-state index is 0.0430. The third-order valence-electron chi connectivity index (χ3n) is 2.46. The number of hydrogen-bond acceptors (Lipinski definition) is 4. The number of esters is 2. The van der Waals surface area contributed by atoms with Crippen molar-refractivity contribution in [1.29, 1.82) is 0 Å². The zero-order valence-corrected chi connectivity index (χ0v) is 13.3. The molecule has 20 heavy (non-hydrogen) atoms. The summed E-state index contributed by atoms with van der Waals surface area (Å²) < 4.78 is 11.0. The van der Waals surface area contributed by atoms with Gasteiger partial charge >= 0.3 is 11.9 Å². The predicted molar refractivity (Wildman–Crippen MR) is 79.0 cm³/mol. The lowest BCUT2D eigenvalue weighted by atomic mass is 10.2. The Morgan fingerprint density at radius 1 is 1.10 bits per heavy atom. The Balaban J connectivity index is 2.24. The lowest BCUT2D eigenvalue weighted by Crippen LogP contribution is -2.13. The predicted octanol–water partition coefficient (Wildman–Crippen LogP) is 3.47. The van der Waals surface area contributed by atoms with Gasteiger partial charge in [-0.2, -0.15) is 0 Å². The van der Waals surface area contributed by atoms with E-state index in [0.29, 0.717) is 12.5 Å². The van der Waals surface area contributed by atoms with Crippen LogP contribution >= 0.6 is 15.9 Å². The molecule has 0 fully saturated rings. The zero-order chi connectivity index (χ0) is 15.0. The van der Waals surface area contributed by atoms with Gasteiger partial charge in [0.15, 0.2) is 0 Å². The van der Waals surface area contributed by atoms with E-state index in [2.05, 4.69) is 15.9 Å². The fourth-order valence-corrected chi connectivity index (χ4v) is 1.78. The van der Waals surface area contributed by atoms with Crippen LogP contribution < -0.4 is 0 Å². The SMILES string of the molecule is CC(C)COC(=O)CCC(=O)OCc1ccccc1Br. The Hall–Kier alpha value is -1.36. The standard InChI is InChI=1S/C15H19BrO4/c1-11(2)9-19-14(17)7-8-15(18)20-10-12-5-3-4-6-13(12)16/h3-6,11H,7-10H2,1-2H3. The number of benzene rings is 1. The van der Waals surface area contributed by atoms with E-state index >= 15 is 0 Å². The second-order valence-corrected chi connectivity index (χ2v) is 5.68. The maximum atomic E-state index is 11.5. The molecule has 5 heteroatoms. The molecule has 1 rings (SSSR count). The molecular formula is C15H19BrO4. The Bertz CT molecular complexity index is 457. The molecule has 1 aromatic carbocycles. The highest BCUT2D eigenvalue weighted by Crippen LogP contribution is 2.16. The lowest BCUT2D eigenvalue weighted by molar-refractivity contribution is -0.151. The maximum Gasteiger partial charge on any atom is 0.306 e. The first-order valence-electron chi connectivity index (χ1n) is 6.53. The van der Waals surface area contributed by atoms with Gasteiger partial charge in [-0.3, -0.25) is 9.59 Å². The number of rotatable bonds is 7. The smallest absolute Gasteiger partial charge is 0.306 e.